The van der Waals surface area contributed by atoms with Crippen LogP contribution in [0.3, 0.4) is 0 Å². The summed E-state index contributed by atoms with van der Waals surface area (Å²) in [6.07, 6.45) is 0.636. The molecule has 0 radical (unpaired) electrons. The van der Waals surface area contributed by atoms with Crippen LogP contribution in [0.4, 0.5) is 14.5 Å². The Morgan fingerprint density at radius 1 is 1.42 bits per heavy atom. The van der Waals surface area contributed by atoms with Crippen molar-refractivity contribution in [2.45, 2.75) is 32.6 Å². The van der Waals surface area contributed by atoms with E-state index in [0.29, 0.717) is 23.5 Å². The van der Waals surface area contributed by atoms with Gasteiger partial charge in [0.25, 0.3) is 6.43 Å². The molecule has 1 rings (SSSR count). The van der Waals surface area contributed by atoms with Crippen molar-refractivity contribution in [1.29, 1.82) is 0 Å². The van der Waals surface area contributed by atoms with Crippen LogP contribution in [0.2, 0.25) is 0 Å². The van der Waals surface area contributed by atoms with E-state index in [1.54, 1.807) is 12.1 Å². The van der Waals surface area contributed by atoms with Crippen molar-refractivity contribution in [1.82, 2.24) is 0 Å². The van der Waals surface area contributed by atoms with Crippen LogP contribution in [0.25, 0.3) is 5.70 Å². The first kappa shape index (κ1) is 15.8. The number of alkyl halides is 2. The molecule has 1 aromatic rings. The molecule has 0 aliphatic heterocycles. The highest BCUT2D eigenvalue weighted by atomic mass is 32.1. The Bertz CT molecular complexity index is 433. The van der Waals surface area contributed by atoms with E-state index in [1.807, 2.05) is 0 Å². The summed E-state index contributed by atoms with van der Waals surface area (Å²) in [5.74, 6) is 0. The molecular formula is C14H20F2N2S. The minimum atomic E-state index is -2.53. The lowest BCUT2D eigenvalue weighted by atomic mass is 10.1. The molecule has 0 saturated heterocycles. The van der Waals surface area contributed by atoms with Crippen LogP contribution in [0.5, 0.6) is 0 Å². The van der Waals surface area contributed by atoms with Gasteiger partial charge in [-0.1, -0.05) is 25.8 Å². The number of hydrogen-bond acceptors (Lipinski definition) is 3. The van der Waals surface area contributed by atoms with Crippen molar-refractivity contribution in [3.63, 3.8) is 0 Å². The largest absolute Gasteiger partial charge is 0.398 e. The van der Waals surface area contributed by atoms with Gasteiger partial charge < -0.3 is 11.1 Å². The number of anilines is 1. The molecule has 19 heavy (non-hydrogen) atoms. The third kappa shape index (κ3) is 4.74. The predicted molar refractivity (Wildman–Crippen MR) is 80.6 cm³/mol. The molecule has 0 aliphatic rings. The summed E-state index contributed by atoms with van der Waals surface area (Å²) in [6.45, 7) is 2.80. The zero-order valence-electron chi connectivity index (χ0n) is 11.0. The van der Waals surface area contributed by atoms with Gasteiger partial charge in [0.05, 0.1) is 0 Å². The molecule has 0 aromatic heterocycles. The molecule has 0 unspecified atom stereocenters. The van der Waals surface area contributed by atoms with Gasteiger partial charge in [-0.25, -0.2) is 8.78 Å². The van der Waals surface area contributed by atoms with E-state index in [2.05, 4.69) is 24.9 Å². The van der Waals surface area contributed by atoms with Crippen LogP contribution in [0.1, 0.15) is 43.7 Å². The average Bonchev–Trinajstić information content (AvgIpc) is 2.42. The summed E-state index contributed by atoms with van der Waals surface area (Å²) in [4.78, 5) is 0. The molecule has 3 N–H and O–H groups in total. The van der Waals surface area contributed by atoms with Crippen LogP contribution in [-0.4, -0.2) is 6.54 Å². The Morgan fingerprint density at radius 2 is 2.16 bits per heavy atom. The number of benzene rings is 1. The summed E-state index contributed by atoms with van der Waals surface area (Å²) in [7, 11) is 0. The summed E-state index contributed by atoms with van der Waals surface area (Å²) in [6, 6.07) is 4.78. The van der Waals surface area contributed by atoms with Gasteiger partial charge in [0.2, 0.25) is 0 Å². The lowest BCUT2D eigenvalue weighted by Gasteiger charge is -2.13. The lowest BCUT2D eigenvalue weighted by Crippen LogP contribution is -2.06. The third-order valence-electron chi connectivity index (χ3n) is 2.85. The van der Waals surface area contributed by atoms with E-state index in [9.17, 15) is 8.78 Å². The Kier molecular flexibility index (Phi) is 6.70. The monoisotopic (exact) mass is 286 g/mol. The second-order valence-corrected chi connectivity index (χ2v) is 4.58. The standard InChI is InChI=1S/C14H20F2N2S/c1-2-3-4-7-18-13-6-5-10(12(17)9-19)8-11(13)14(15)16/h5-6,8-9,14,18-19H,2-4,7,17H2,1H3/b12-9-. The van der Waals surface area contributed by atoms with Gasteiger partial charge >= 0.3 is 0 Å². The fraction of sp³-hybridized carbons (Fsp3) is 0.429. The van der Waals surface area contributed by atoms with E-state index < -0.39 is 6.43 Å². The fourth-order valence-corrected chi connectivity index (χ4v) is 1.91. The molecule has 0 aliphatic carbocycles. The predicted octanol–water partition coefficient (Wildman–Crippen LogP) is 4.41. The molecule has 0 spiro atoms. The van der Waals surface area contributed by atoms with E-state index in [-0.39, 0.29) is 5.56 Å². The number of rotatable bonds is 7. The van der Waals surface area contributed by atoms with Crippen molar-refractivity contribution >= 4 is 24.0 Å². The van der Waals surface area contributed by atoms with Crippen LogP contribution >= 0.6 is 12.6 Å². The Balaban J connectivity index is 2.86. The van der Waals surface area contributed by atoms with Crippen LogP contribution in [0, 0.1) is 0 Å². The van der Waals surface area contributed by atoms with Gasteiger partial charge in [0, 0.05) is 23.5 Å². The molecule has 5 heteroatoms. The maximum Gasteiger partial charge on any atom is 0.265 e. The normalized spacial score (nSPS) is 11.9. The number of unbranched alkanes of at least 4 members (excludes halogenated alkanes) is 2. The van der Waals surface area contributed by atoms with Gasteiger partial charge in [0.15, 0.2) is 0 Å². The van der Waals surface area contributed by atoms with Crippen molar-refractivity contribution in [2.75, 3.05) is 11.9 Å². The molecule has 0 amide bonds. The highest BCUT2D eigenvalue weighted by Gasteiger charge is 2.14. The number of nitrogens with one attached hydrogen (secondary N) is 1. The lowest BCUT2D eigenvalue weighted by molar-refractivity contribution is 0.152. The summed E-state index contributed by atoms with van der Waals surface area (Å²) >= 11 is 3.93. The first-order valence-corrected chi connectivity index (χ1v) is 6.88. The smallest absolute Gasteiger partial charge is 0.265 e. The number of halogens is 2. The summed E-state index contributed by atoms with van der Waals surface area (Å²) in [5.41, 5.74) is 7.06. The number of hydrogen-bond donors (Lipinski definition) is 3. The van der Waals surface area contributed by atoms with Gasteiger partial charge in [-0.3, -0.25) is 0 Å². The minimum absolute atomic E-state index is 0.0212. The molecule has 0 fully saturated rings. The van der Waals surface area contributed by atoms with Crippen molar-refractivity contribution in [3.8, 4) is 0 Å². The maximum absolute atomic E-state index is 13.0. The van der Waals surface area contributed by atoms with Crippen LogP contribution < -0.4 is 11.1 Å². The second-order valence-electron chi connectivity index (χ2n) is 4.32. The van der Waals surface area contributed by atoms with Gasteiger partial charge in [-0.15, -0.1) is 12.6 Å². The SMILES string of the molecule is CCCCCNc1ccc(/C(N)=C/S)cc1C(F)F. The first-order valence-electron chi connectivity index (χ1n) is 6.36. The number of nitrogens with two attached hydrogens (primary N) is 1. The van der Waals surface area contributed by atoms with Crippen molar-refractivity contribution in [2.24, 2.45) is 5.73 Å². The summed E-state index contributed by atoms with van der Waals surface area (Å²) in [5, 5.41) is 4.46. The van der Waals surface area contributed by atoms with E-state index in [4.69, 9.17) is 5.73 Å². The van der Waals surface area contributed by atoms with E-state index in [0.717, 1.165) is 19.3 Å². The molecule has 0 heterocycles. The zero-order valence-corrected chi connectivity index (χ0v) is 11.9. The molecule has 106 valence electrons. The molecule has 2 nitrogen and oxygen atoms in total. The first-order chi connectivity index (χ1) is 9.10. The molecule has 1 aromatic carbocycles. The van der Waals surface area contributed by atoms with E-state index >= 15 is 0 Å². The van der Waals surface area contributed by atoms with Crippen LogP contribution in [0.15, 0.2) is 23.6 Å². The highest BCUT2D eigenvalue weighted by molar-refractivity contribution is 7.83. The quantitative estimate of drug-likeness (QED) is 0.513. The van der Waals surface area contributed by atoms with E-state index in [1.165, 1.54) is 11.5 Å². The Labute approximate surface area is 118 Å². The minimum Gasteiger partial charge on any atom is -0.398 e. The summed E-state index contributed by atoms with van der Waals surface area (Å²) < 4.78 is 26.1. The van der Waals surface area contributed by atoms with Gasteiger partial charge in [0.1, 0.15) is 0 Å². The maximum atomic E-state index is 13.0. The second kappa shape index (κ2) is 8.04. The molecule has 0 bridgehead atoms. The molecule has 0 atom stereocenters. The molecular weight excluding hydrogens is 266 g/mol. The fourth-order valence-electron chi connectivity index (χ4n) is 1.76. The van der Waals surface area contributed by atoms with Crippen LogP contribution in [-0.2, 0) is 0 Å². The number of thiol groups is 1. The van der Waals surface area contributed by atoms with Crippen molar-refractivity contribution < 1.29 is 8.78 Å². The Hall–Kier alpha value is -1.23. The highest BCUT2D eigenvalue weighted by Crippen LogP contribution is 2.29. The molecule has 0 saturated carbocycles. The third-order valence-corrected chi connectivity index (χ3v) is 3.13. The Morgan fingerprint density at radius 3 is 2.74 bits per heavy atom. The van der Waals surface area contributed by atoms with Gasteiger partial charge in [-0.05, 0) is 29.5 Å². The zero-order chi connectivity index (χ0) is 14.3. The topological polar surface area (TPSA) is 38.0 Å². The van der Waals surface area contributed by atoms with Crippen molar-refractivity contribution in [3.05, 3.63) is 34.7 Å². The average molecular weight is 286 g/mol. The van der Waals surface area contributed by atoms with Gasteiger partial charge in [-0.2, -0.15) is 0 Å².